The fraction of sp³-hybridized carbons (Fsp3) is 0.556. The van der Waals surface area contributed by atoms with E-state index in [1.807, 2.05) is 10.3 Å². The summed E-state index contributed by atoms with van der Waals surface area (Å²) >= 11 is 1.35. The molecule has 9 heteroatoms. The van der Waals surface area contributed by atoms with Crippen LogP contribution in [-0.2, 0) is 11.3 Å². The third kappa shape index (κ3) is 5.06. The molecule has 3 rings (SSSR count). The number of thiophene rings is 1. The van der Waals surface area contributed by atoms with Gasteiger partial charge in [-0.3, -0.25) is 9.59 Å². The summed E-state index contributed by atoms with van der Waals surface area (Å²) in [6.45, 7) is 2.21. The Hall–Kier alpha value is -2.42. The first kappa shape index (κ1) is 19.3. The van der Waals surface area contributed by atoms with E-state index in [0.717, 1.165) is 32.2 Å². The van der Waals surface area contributed by atoms with Crippen LogP contribution in [0.2, 0.25) is 0 Å². The van der Waals surface area contributed by atoms with E-state index in [1.54, 1.807) is 13.1 Å². The maximum absolute atomic E-state index is 12.2. The Balaban J connectivity index is 1.44. The van der Waals surface area contributed by atoms with Crippen molar-refractivity contribution in [2.45, 2.75) is 38.6 Å². The number of nitrogens with zero attached hydrogens (tertiary/aromatic N) is 3. The summed E-state index contributed by atoms with van der Waals surface area (Å²) in [5.74, 6) is 0.675. The minimum atomic E-state index is -0.231. The van der Waals surface area contributed by atoms with Crippen LogP contribution < -0.4 is 10.9 Å². The van der Waals surface area contributed by atoms with Crippen LogP contribution in [0.4, 0.5) is 4.79 Å². The second kappa shape index (κ2) is 8.98. The van der Waals surface area contributed by atoms with Crippen molar-refractivity contribution >= 4 is 33.5 Å². The van der Waals surface area contributed by atoms with Crippen LogP contribution in [0.15, 0.2) is 16.2 Å². The van der Waals surface area contributed by atoms with E-state index in [1.165, 1.54) is 16.2 Å². The zero-order valence-electron chi connectivity index (χ0n) is 15.5. The minimum Gasteiger partial charge on any atom is -0.343 e. The molecule has 0 aromatic carbocycles. The molecule has 27 heavy (non-hydrogen) atoms. The smallest absolute Gasteiger partial charge is 0.317 e. The summed E-state index contributed by atoms with van der Waals surface area (Å²) in [4.78, 5) is 46.7. The molecule has 0 atom stereocenters. The second-order valence-electron chi connectivity index (χ2n) is 6.78. The predicted octanol–water partition coefficient (Wildman–Crippen LogP) is 1.92. The van der Waals surface area contributed by atoms with Crippen molar-refractivity contribution in [3.8, 4) is 0 Å². The molecular formula is C18H25N5O3S. The first-order valence-corrected chi connectivity index (χ1v) is 10.2. The molecular weight excluding hydrogens is 366 g/mol. The molecule has 2 aromatic rings. The number of urea groups is 1. The highest BCUT2D eigenvalue weighted by Crippen LogP contribution is 2.14. The number of fused-ring (bicyclic) bond motifs is 1. The molecule has 0 spiro atoms. The van der Waals surface area contributed by atoms with Crippen molar-refractivity contribution in [1.29, 1.82) is 0 Å². The van der Waals surface area contributed by atoms with E-state index < -0.39 is 0 Å². The van der Waals surface area contributed by atoms with E-state index in [-0.39, 0.29) is 24.0 Å². The molecule has 3 heterocycles. The van der Waals surface area contributed by atoms with Crippen LogP contribution in [0, 0.1) is 0 Å². The average molecular weight is 391 g/mol. The van der Waals surface area contributed by atoms with Crippen molar-refractivity contribution in [1.82, 2.24) is 25.1 Å². The van der Waals surface area contributed by atoms with E-state index >= 15 is 0 Å². The molecule has 1 saturated heterocycles. The van der Waals surface area contributed by atoms with Gasteiger partial charge in [0, 0.05) is 33.1 Å². The molecule has 0 saturated carbocycles. The van der Waals surface area contributed by atoms with Gasteiger partial charge in [-0.05, 0) is 30.7 Å². The molecule has 1 fully saturated rings. The summed E-state index contributed by atoms with van der Waals surface area (Å²) in [6, 6.07) is 1.56. The molecule has 0 unspecified atom stereocenters. The molecule has 1 aliphatic heterocycles. The van der Waals surface area contributed by atoms with Gasteiger partial charge in [0.05, 0.1) is 12.1 Å². The lowest BCUT2D eigenvalue weighted by molar-refractivity contribution is -0.130. The first-order valence-electron chi connectivity index (χ1n) is 9.28. The SMILES string of the molecule is CN(Cc1nc2ccsc2c(=O)[nH]1)C(=O)NCCCN1CCCCCC1=O. The average Bonchev–Trinajstić information content (AvgIpc) is 3.02. The van der Waals surface area contributed by atoms with Gasteiger partial charge < -0.3 is 20.1 Å². The predicted molar refractivity (Wildman–Crippen MR) is 105 cm³/mol. The lowest BCUT2D eigenvalue weighted by Crippen LogP contribution is -2.39. The van der Waals surface area contributed by atoms with Gasteiger partial charge in [0.2, 0.25) is 5.91 Å². The fourth-order valence-electron chi connectivity index (χ4n) is 3.17. The zero-order valence-corrected chi connectivity index (χ0v) is 16.3. The number of H-pyrrole nitrogens is 1. The Labute approximate surface area is 161 Å². The van der Waals surface area contributed by atoms with Gasteiger partial charge in [0.25, 0.3) is 5.56 Å². The van der Waals surface area contributed by atoms with Gasteiger partial charge in [0.1, 0.15) is 10.5 Å². The summed E-state index contributed by atoms with van der Waals surface area (Å²) in [6.07, 6.45) is 4.50. The molecule has 0 aliphatic carbocycles. The molecule has 0 radical (unpaired) electrons. The molecule has 1 aliphatic rings. The Bertz CT molecular complexity index is 862. The van der Waals surface area contributed by atoms with E-state index in [0.29, 0.717) is 35.6 Å². The Kier molecular flexibility index (Phi) is 6.44. The van der Waals surface area contributed by atoms with Crippen molar-refractivity contribution < 1.29 is 9.59 Å². The summed E-state index contributed by atoms with van der Waals surface area (Å²) in [7, 11) is 1.66. The van der Waals surface area contributed by atoms with Gasteiger partial charge >= 0.3 is 6.03 Å². The summed E-state index contributed by atoms with van der Waals surface area (Å²) in [5.41, 5.74) is 0.468. The minimum absolute atomic E-state index is 0.180. The lowest BCUT2D eigenvalue weighted by Gasteiger charge is -2.21. The number of hydrogen-bond acceptors (Lipinski definition) is 5. The highest BCUT2D eigenvalue weighted by molar-refractivity contribution is 7.17. The molecule has 3 amide bonds. The molecule has 0 bridgehead atoms. The van der Waals surface area contributed by atoms with Crippen LogP contribution in [0.1, 0.15) is 37.9 Å². The number of likely N-dealkylation sites (tertiary alicyclic amines) is 1. The number of hydrogen-bond donors (Lipinski definition) is 2. The number of amides is 3. The van der Waals surface area contributed by atoms with Gasteiger partial charge in [0.15, 0.2) is 0 Å². The van der Waals surface area contributed by atoms with Gasteiger partial charge in [-0.15, -0.1) is 11.3 Å². The third-order valence-electron chi connectivity index (χ3n) is 4.65. The topological polar surface area (TPSA) is 98.4 Å². The zero-order chi connectivity index (χ0) is 19.2. The maximum Gasteiger partial charge on any atom is 0.317 e. The van der Waals surface area contributed by atoms with Crippen LogP contribution in [0.5, 0.6) is 0 Å². The third-order valence-corrected chi connectivity index (χ3v) is 5.55. The Morgan fingerprint density at radius 3 is 3.07 bits per heavy atom. The maximum atomic E-state index is 12.2. The molecule has 146 valence electrons. The number of rotatable bonds is 6. The fourth-order valence-corrected chi connectivity index (χ4v) is 3.89. The van der Waals surface area contributed by atoms with Crippen molar-refractivity contribution in [2.75, 3.05) is 26.7 Å². The lowest BCUT2D eigenvalue weighted by atomic mass is 10.2. The molecule has 2 aromatic heterocycles. The molecule has 8 nitrogen and oxygen atoms in total. The van der Waals surface area contributed by atoms with E-state index in [4.69, 9.17) is 0 Å². The highest BCUT2D eigenvalue weighted by Gasteiger charge is 2.16. The van der Waals surface area contributed by atoms with Crippen LogP contribution >= 0.6 is 11.3 Å². The quantitative estimate of drug-likeness (QED) is 0.735. The number of carbonyl (C=O) groups excluding carboxylic acids is 2. The van der Waals surface area contributed by atoms with E-state index in [9.17, 15) is 14.4 Å². The van der Waals surface area contributed by atoms with Gasteiger partial charge in [-0.1, -0.05) is 6.42 Å². The number of carbonyl (C=O) groups is 2. The van der Waals surface area contributed by atoms with Crippen LogP contribution in [0.3, 0.4) is 0 Å². The second-order valence-corrected chi connectivity index (χ2v) is 7.70. The van der Waals surface area contributed by atoms with Crippen molar-refractivity contribution in [3.63, 3.8) is 0 Å². The highest BCUT2D eigenvalue weighted by atomic mass is 32.1. The van der Waals surface area contributed by atoms with Crippen molar-refractivity contribution in [3.05, 3.63) is 27.6 Å². The summed E-state index contributed by atoms with van der Waals surface area (Å²) in [5, 5.41) is 4.67. The number of nitrogens with one attached hydrogen (secondary N) is 2. The largest absolute Gasteiger partial charge is 0.343 e. The summed E-state index contributed by atoms with van der Waals surface area (Å²) < 4.78 is 0.592. The van der Waals surface area contributed by atoms with Crippen LogP contribution in [0.25, 0.3) is 10.2 Å². The van der Waals surface area contributed by atoms with E-state index in [2.05, 4.69) is 15.3 Å². The van der Waals surface area contributed by atoms with Gasteiger partial charge in [-0.25, -0.2) is 9.78 Å². The normalized spacial score (nSPS) is 15.0. The van der Waals surface area contributed by atoms with Crippen LogP contribution in [-0.4, -0.2) is 58.4 Å². The first-order chi connectivity index (χ1) is 13.0. The Morgan fingerprint density at radius 1 is 1.37 bits per heavy atom. The standard InChI is InChI=1S/C18H25N5O3S/c1-22(12-14-20-13-7-11-27-16(13)17(25)21-14)18(26)19-8-5-10-23-9-4-2-3-6-15(23)24/h7,11H,2-6,8-10,12H2,1H3,(H,19,26)(H,20,21,25). The Morgan fingerprint density at radius 2 is 2.22 bits per heavy atom. The van der Waals surface area contributed by atoms with Crippen molar-refractivity contribution in [2.24, 2.45) is 0 Å². The number of aromatic amines is 1. The monoisotopic (exact) mass is 391 g/mol. The number of aromatic nitrogens is 2. The van der Waals surface area contributed by atoms with Gasteiger partial charge in [-0.2, -0.15) is 0 Å². The molecule has 2 N–H and O–H groups in total.